The lowest BCUT2D eigenvalue weighted by molar-refractivity contribution is -0.146. The standard InChI is InChI=1S/C20H26N4O3/c1-27-12-11-23-8-4-6-20(19(23)26)7-10-22(15-20)14-16-13-18(25)24-9-3-2-5-17(24)21-16/h2-3,5,9,13H,4,6-8,10-12,14-15H2,1H3/t20-/m1/s1. The maximum Gasteiger partial charge on any atom is 0.258 e. The van der Waals surface area contributed by atoms with Gasteiger partial charge in [-0.2, -0.15) is 0 Å². The van der Waals surface area contributed by atoms with Crippen LogP contribution in [0.15, 0.2) is 35.3 Å². The fraction of sp³-hybridized carbons (Fsp3) is 0.550. The van der Waals surface area contributed by atoms with Gasteiger partial charge in [-0.15, -0.1) is 0 Å². The van der Waals surface area contributed by atoms with Crippen LogP contribution in [-0.2, 0) is 16.1 Å². The average molecular weight is 370 g/mol. The van der Waals surface area contributed by atoms with Crippen LogP contribution < -0.4 is 5.56 Å². The highest BCUT2D eigenvalue weighted by Gasteiger charge is 2.48. The number of hydrogen-bond donors (Lipinski definition) is 0. The van der Waals surface area contributed by atoms with Crippen molar-refractivity contribution in [1.29, 1.82) is 0 Å². The number of methoxy groups -OCH3 is 1. The Morgan fingerprint density at radius 2 is 2.11 bits per heavy atom. The Hall–Kier alpha value is -2.25. The Morgan fingerprint density at radius 3 is 2.96 bits per heavy atom. The molecule has 27 heavy (non-hydrogen) atoms. The normalized spacial score (nSPS) is 23.6. The molecular formula is C20H26N4O3. The molecule has 0 saturated carbocycles. The lowest BCUT2D eigenvalue weighted by atomic mass is 9.78. The van der Waals surface area contributed by atoms with Crippen LogP contribution in [0.5, 0.6) is 0 Å². The summed E-state index contributed by atoms with van der Waals surface area (Å²) in [6.07, 6.45) is 4.59. The quantitative estimate of drug-likeness (QED) is 0.790. The Balaban J connectivity index is 1.48. The molecule has 0 aliphatic carbocycles. The zero-order chi connectivity index (χ0) is 18.9. The summed E-state index contributed by atoms with van der Waals surface area (Å²) in [6, 6.07) is 7.15. The number of nitrogens with zero attached hydrogens (tertiary/aromatic N) is 4. The number of piperidine rings is 1. The third kappa shape index (κ3) is 3.49. The summed E-state index contributed by atoms with van der Waals surface area (Å²) in [7, 11) is 1.67. The van der Waals surface area contributed by atoms with Gasteiger partial charge in [-0.25, -0.2) is 4.98 Å². The monoisotopic (exact) mass is 370 g/mol. The van der Waals surface area contributed by atoms with Gasteiger partial charge in [0.1, 0.15) is 5.65 Å². The number of rotatable bonds is 5. The summed E-state index contributed by atoms with van der Waals surface area (Å²) < 4.78 is 6.70. The van der Waals surface area contributed by atoms with Crippen molar-refractivity contribution in [2.45, 2.75) is 25.8 Å². The molecule has 4 rings (SSSR count). The van der Waals surface area contributed by atoms with Gasteiger partial charge >= 0.3 is 0 Å². The second-order valence-electron chi connectivity index (χ2n) is 7.64. The maximum atomic E-state index is 13.1. The minimum Gasteiger partial charge on any atom is -0.383 e. The number of likely N-dealkylation sites (tertiary alicyclic amines) is 2. The van der Waals surface area contributed by atoms with Gasteiger partial charge < -0.3 is 9.64 Å². The summed E-state index contributed by atoms with van der Waals surface area (Å²) >= 11 is 0. The van der Waals surface area contributed by atoms with E-state index < -0.39 is 0 Å². The molecule has 7 nitrogen and oxygen atoms in total. The molecule has 0 unspecified atom stereocenters. The van der Waals surface area contributed by atoms with E-state index in [0.717, 1.165) is 44.6 Å². The number of amides is 1. The smallest absolute Gasteiger partial charge is 0.258 e. The maximum absolute atomic E-state index is 13.1. The number of carbonyl (C=O) groups excluding carboxylic acids is 1. The SMILES string of the molecule is COCCN1CCC[C@]2(CCN(Cc3cc(=O)n4ccccc4n3)C2)C1=O. The van der Waals surface area contributed by atoms with E-state index in [-0.39, 0.29) is 16.9 Å². The molecule has 4 heterocycles. The van der Waals surface area contributed by atoms with Crippen LogP contribution in [0.3, 0.4) is 0 Å². The number of ether oxygens (including phenoxy) is 1. The highest BCUT2D eigenvalue weighted by Crippen LogP contribution is 2.40. The Labute approximate surface area is 158 Å². The first kappa shape index (κ1) is 18.1. The van der Waals surface area contributed by atoms with Gasteiger partial charge in [0.15, 0.2) is 0 Å². The minimum atomic E-state index is -0.280. The summed E-state index contributed by atoms with van der Waals surface area (Å²) in [4.78, 5) is 34.2. The molecule has 0 radical (unpaired) electrons. The minimum absolute atomic E-state index is 0.0657. The lowest BCUT2D eigenvalue weighted by Gasteiger charge is -2.39. The number of aromatic nitrogens is 2. The van der Waals surface area contributed by atoms with Gasteiger partial charge in [-0.1, -0.05) is 6.07 Å². The lowest BCUT2D eigenvalue weighted by Crippen LogP contribution is -2.50. The van der Waals surface area contributed by atoms with Gasteiger partial charge in [0.05, 0.1) is 17.7 Å². The first-order valence-corrected chi connectivity index (χ1v) is 9.59. The van der Waals surface area contributed by atoms with E-state index in [2.05, 4.69) is 9.88 Å². The number of fused-ring (bicyclic) bond motifs is 1. The first-order chi connectivity index (χ1) is 13.1. The van der Waals surface area contributed by atoms with Crippen LogP contribution in [0.25, 0.3) is 5.65 Å². The summed E-state index contributed by atoms with van der Waals surface area (Å²) in [5.74, 6) is 0.264. The molecule has 0 bridgehead atoms. The van der Waals surface area contributed by atoms with Crippen LogP contribution in [-0.4, -0.2) is 65.0 Å². The molecule has 1 spiro atoms. The molecule has 2 aromatic heterocycles. The van der Waals surface area contributed by atoms with Gasteiger partial charge in [0, 0.05) is 45.6 Å². The van der Waals surface area contributed by atoms with Gasteiger partial charge in [-0.05, 0) is 37.9 Å². The van der Waals surface area contributed by atoms with Crippen molar-refractivity contribution >= 4 is 11.6 Å². The van der Waals surface area contributed by atoms with Crippen LogP contribution in [0.2, 0.25) is 0 Å². The van der Waals surface area contributed by atoms with Crippen LogP contribution in [0.4, 0.5) is 0 Å². The third-order valence-electron chi connectivity index (χ3n) is 5.83. The molecule has 144 valence electrons. The molecular weight excluding hydrogens is 344 g/mol. The van der Waals surface area contributed by atoms with Crippen LogP contribution in [0.1, 0.15) is 25.0 Å². The first-order valence-electron chi connectivity index (χ1n) is 9.59. The van der Waals surface area contributed by atoms with E-state index in [9.17, 15) is 9.59 Å². The van der Waals surface area contributed by atoms with Gasteiger partial charge in [0.2, 0.25) is 5.91 Å². The van der Waals surface area contributed by atoms with Crippen LogP contribution >= 0.6 is 0 Å². The topological polar surface area (TPSA) is 67.2 Å². The van der Waals surface area contributed by atoms with Crippen molar-refractivity contribution in [3.63, 3.8) is 0 Å². The number of carbonyl (C=O) groups is 1. The highest BCUT2D eigenvalue weighted by molar-refractivity contribution is 5.84. The summed E-state index contributed by atoms with van der Waals surface area (Å²) in [5, 5.41) is 0. The average Bonchev–Trinajstić information content (AvgIpc) is 3.06. The van der Waals surface area contributed by atoms with Crippen molar-refractivity contribution in [1.82, 2.24) is 19.2 Å². The van der Waals surface area contributed by atoms with E-state index in [1.807, 2.05) is 23.1 Å². The van der Waals surface area contributed by atoms with Crippen molar-refractivity contribution in [2.75, 3.05) is 39.9 Å². The third-order valence-corrected chi connectivity index (χ3v) is 5.83. The Morgan fingerprint density at radius 1 is 1.22 bits per heavy atom. The predicted molar refractivity (Wildman–Crippen MR) is 101 cm³/mol. The van der Waals surface area contributed by atoms with Gasteiger partial charge in [-0.3, -0.25) is 18.9 Å². The fourth-order valence-electron chi connectivity index (χ4n) is 4.45. The van der Waals surface area contributed by atoms with Crippen molar-refractivity contribution in [3.05, 3.63) is 46.5 Å². The van der Waals surface area contributed by atoms with E-state index in [1.54, 1.807) is 23.8 Å². The molecule has 0 aromatic carbocycles. The summed E-state index contributed by atoms with van der Waals surface area (Å²) in [6.45, 7) is 4.28. The zero-order valence-electron chi connectivity index (χ0n) is 15.8. The molecule has 1 atom stereocenters. The second kappa shape index (κ2) is 7.40. The second-order valence-corrected chi connectivity index (χ2v) is 7.64. The fourth-order valence-corrected chi connectivity index (χ4v) is 4.45. The van der Waals surface area contributed by atoms with Crippen LogP contribution in [0, 0.1) is 5.41 Å². The van der Waals surface area contributed by atoms with Crippen molar-refractivity contribution < 1.29 is 9.53 Å². The predicted octanol–water partition coefficient (Wildman–Crippen LogP) is 1.16. The molecule has 7 heteroatoms. The molecule has 2 aliphatic rings. The largest absolute Gasteiger partial charge is 0.383 e. The van der Waals surface area contributed by atoms with E-state index >= 15 is 0 Å². The molecule has 2 aromatic rings. The molecule has 2 aliphatic heterocycles. The molecule has 1 amide bonds. The van der Waals surface area contributed by atoms with E-state index in [4.69, 9.17) is 4.74 Å². The van der Waals surface area contributed by atoms with E-state index in [0.29, 0.717) is 25.3 Å². The Bertz CT molecular complexity index is 896. The Kier molecular flexibility index (Phi) is 4.97. The van der Waals surface area contributed by atoms with Crippen molar-refractivity contribution in [2.24, 2.45) is 5.41 Å². The highest BCUT2D eigenvalue weighted by atomic mass is 16.5. The van der Waals surface area contributed by atoms with Gasteiger partial charge in [0.25, 0.3) is 5.56 Å². The van der Waals surface area contributed by atoms with E-state index in [1.165, 1.54) is 0 Å². The molecule has 2 saturated heterocycles. The molecule has 0 N–H and O–H groups in total. The zero-order valence-corrected chi connectivity index (χ0v) is 15.8. The number of hydrogen-bond acceptors (Lipinski definition) is 5. The summed E-state index contributed by atoms with van der Waals surface area (Å²) in [5.41, 5.74) is 1.08. The number of pyridine rings is 1. The van der Waals surface area contributed by atoms with Crippen molar-refractivity contribution in [3.8, 4) is 0 Å². The molecule has 2 fully saturated rings.